The molecule has 104 valence electrons. The average molecular weight is 290 g/mol. The van der Waals surface area contributed by atoms with Crippen molar-refractivity contribution in [3.8, 4) is 0 Å². The Labute approximate surface area is 123 Å². The van der Waals surface area contributed by atoms with Crippen molar-refractivity contribution in [3.05, 3.63) is 53.3 Å². The van der Waals surface area contributed by atoms with E-state index in [1.165, 1.54) is 0 Å². The van der Waals surface area contributed by atoms with Crippen LogP contribution in [-0.2, 0) is 6.54 Å². The highest BCUT2D eigenvalue weighted by atomic mass is 35.5. The number of aromatic nitrogens is 1. The lowest BCUT2D eigenvalue weighted by Crippen LogP contribution is -2.43. The van der Waals surface area contributed by atoms with Crippen LogP contribution in [0.3, 0.4) is 0 Å². The smallest absolute Gasteiger partial charge is 0.322 e. The number of halogens is 1. The Hall–Kier alpha value is -1.94. The molecule has 5 heteroatoms. The van der Waals surface area contributed by atoms with E-state index in [4.69, 9.17) is 11.6 Å². The molecule has 1 aromatic heterocycles. The molecule has 20 heavy (non-hydrogen) atoms. The molecule has 0 unspecified atom stereocenters. The van der Waals surface area contributed by atoms with Crippen LogP contribution in [0.2, 0.25) is 5.02 Å². The fraction of sp³-hybridized carbons (Fsp3) is 0.267. The van der Waals surface area contributed by atoms with Crippen molar-refractivity contribution in [2.45, 2.75) is 19.5 Å². The van der Waals surface area contributed by atoms with E-state index in [-0.39, 0.29) is 12.1 Å². The van der Waals surface area contributed by atoms with Crippen LogP contribution in [0.5, 0.6) is 0 Å². The third-order valence-corrected chi connectivity index (χ3v) is 4.05. The Morgan fingerprint density at radius 2 is 2.05 bits per heavy atom. The van der Waals surface area contributed by atoms with Gasteiger partial charge in [0, 0.05) is 25.0 Å². The molecule has 3 rings (SSSR count). The fourth-order valence-electron chi connectivity index (χ4n) is 2.61. The molecule has 2 amide bonds. The summed E-state index contributed by atoms with van der Waals surface area (Å²) in [6.45, 7) is 3.55. The minimum absolute atomic E-state index is 0.0567. The first-order valence-corrected chi connectivity index (χ1v) is 7.02. The number of nitrogens with zero attached hydrogens (tertiary/aromatic N) is 2. The minimum Gasteiger partial charge on any atom is -0.348 e. The van der Waals surface area contributed by atoms with E-state index in [9.17, 15) is 4.79 Å². The van der Waals surface area contributed by atoms with Gasteiger partial charge in [-0.3, -0.25) is 0 Å². The average Bonchev–Trinajstić information content (AvgIpc) is 2.91. The maximum Gasteiger partial charge on any atom is 0.322 e. The summed E-state index contributed by atoms with van der Waals surface area (Å²) in [7, 11) is 0. The Balaban J connectivity index is 1.77. The van der Waals surface area contributed by atoms with Crippen LogP contribution < -0.4 is 5.32 Å². The van der Waals surface area contributed by atoms with E-state index in [2.05, 4.69) is 22.1 Å². The lowest BCUT2D eigenvalue weighted by atomic mass is 10.1. The van der Waals surface area contributed by atoms with Gasteiger partial charge in [-0.25, -0.2) is 4.79 Å². The van der Waals surface area contributed by atoms with Gasteiger partial charge >= 0.3 is 6.03 Å². The summed E-state index contributed by atoms with van der Waals surface area (Å²) in [6, 6.07) is 11.3. The van der Waals surface area contributed by atoms with Crippen LogP contribution in [-0.4, -0.2) is 22.0 Å². The first kappa shape index (κ1) is 13.1. The Morgan fingerprint density at radius 3 is 2.85 bits per heavy atom. The van der Waals surface area contributed by atoms with Crippen molar-refractivity contribution in [2.75, 3.05) is 11.9 Å². The topological polar surface area (TPSA) is 37.3 Å². The fourth-order valence-corrected chi connectivity index (χ4v) is 2.79. The number of carbonyl (C=O) groups excluding carboxylic acids is 1. The van der Waals surface area contributed by atoms with E-state index >= 15 is 0 Å². The third-order valence-electron chi connectivity index (χ3n) is 3.72. The number of hydrogen-bond acceptors (Lipinski definition) is 1. The molecule has 0 fully saturated rings. The molecule has 2 aromatic rings. The van der Waals surface area contributed by atoms with E-state index in [1.54, 1.807) is 12.1 Å². The molecular formula is C15H16ClN3O. The summed E-state index contributed by atoms with van der Waals surface area (Å²) in [5.74, 6) is 0. The highest BCUT2D eigenvalue weighted by Crippen LogP contribution is 2.27. The van der Waals surface area contributed by atoms with Crippen LogP contribution in [0.25, 0.3) is 0 Å². The van der Waals surface area contributed by atoms with Gasteiger partial charge in [0.25, 0.3) is 0 Å². The summed E-state index contributed by atoms with van der Waals surface area (Å²) >= 11 is 6.07. The zero-order valence-electron chi connectivity index (χ0n) is 11.2. The summed E-state index contributed by atoms with van der Waals surface area (Å²) in [6.07, 6.45) is 2.05. The molecule has 1 N–H and O–H groups in total. The second-order valence-corrected chi connectivity index (χ2v) is 5.31. The van der Waals surface area contributed by atoms with Crippen molar-refractivity contribution in [2.24, 2.45) is 0 Å². The van der Waals surface area contributed by atoms with Crippen molar-refractivity contribution < 1.29 is 4.79 Å². The number of benzene rings is 1. The van der Waals surface area contributed by atoms with Gasteiger partial charge in [-0.2, -0.15) is 0 Å². The zero-order valence-corrected chi connectivity index (χ0v) is 12.0. The number of hydrogen-bond donors (Lipinski definition) is 1. The van der Waals surface area contributed by atoms with Gasteiger partial charge in [-0.1, -0.05) is 23.7 Å². The molecule has 0 saturated heterocycles. The molecule has 1 aliphatic heterocycles. The highest BCUT2D eigenvalue weighted by molar-refractivity contribution is 6.33. The lowest BCUT2D eigenvalue weighted by molar-refractivity contribution is 0.175. The first-order chi connectivity index (χ1) is 9.66. The van der Waals surface area contributed by atoms with E-state index in [0.717, 1.165) is 12.2 Å². The second-order valence-electron chi connectivity index (χ2n) is 4.91. The molecule has 1 aromatic carbocycles. The van der Waals surface area contributed by atoms with E-state index in [1.807, 2.05) is 30.0 Å². The Morgan fingerprint density at radius 1 is 1.25 bits per heavy atom. The molecular weight excluding hydrogens is 274 g/mol. The predicted molar refractivity (Wildman–Crippen MR) is 80.0 cm³/mol. The van der Waals surface area contributed by atoms with Gasteiger partial charge in [0.2, 0.25) is 0 Å². The number of urea groups is 1. The molecule has 0 spiro atoms. The van der Waals surface area contributed by atoms with Crippen molar-refractivity contribution in [1.29, 1.82) is 0 Å². The van der Waals surface area contributed by atoms with Crippen LogP contribution >= 0.6 is 11.6 Å². The van der Waals surface area contributed by atoms with Gasteiger partial charge in [0.05, 0.1) is 16.8 Å². The summed E-state index contributed by atoms with van der Waals surface area (Å²) in [5.41, 5.74) is 1.80. The quantitative estimate of drug-likeness (QED) is 0.853. The van der Waals surface area contributed by atoms with Crippen LogP contribution in [0.4, 0.5) is 10.5 Å². The maximum atomic E-state index is 12.4. The largest absolute Gasteiger partial charge is 0.348 e. The monoisotopic (exact) mass is 289 g/mol. The molecule has 0 bridgehead atoms. The summed E-state index contributed by atoms with van der Waals surface area (Å²) in [4.78, 5) is 14.2. The minimum atomic E-state index is -0.113. The van der Waals surface area contributed by atoms with Crippen LogP contribution in [0, 0.1) is 0 Å². The highest BCUT2D eigenvalue weighted by Gasteiger charge is 2.27. The SMILES string of the molecule is C[C@H]1c2cccn2CCN1C(=O)Nc1ccccc1Cl. The Kier molecular flexibility index (Phi) is 3.40. The number of para-hydroxylation sites is 1. The maximum absolute atomic E-state index is 12.4. The second kappa shape index (κ2) is 5.21. The van der Waals surface area contributed by atoms with Gasteiger partial charge in [-0.15, -0.1) is 0 Å². The van der Waals surface area contributed by atoms with Gasteiger partial charge < -0.3 is 14.8 Å². The molecule has 0 radical (unpaired) electrons. The number of carbonyl (C=O) groups is 1. The summed E-state index contributed by atoms with van der Waals surface area (Å²) < 4.78 is 2.18. The van der Waals surface area contributed by atoms with Gasteiger partial charge in [-0.05, 0) is 31.2 Å². The van der Waals surface area contributed by atoms with Crippen molar-refractivity contribution in [3.63, 3.8) is 0 Å². The van der Waals surface area contributed by atoms with Crippen molar-refractivity contribution >= 4 is 23.3 Å². The van der Waals surface area contributed by atoms with Crippen LogP contribution in [0.1, 0.15) is 18.7 Å². The number of anilines is 1. The Bertz CT molecular complexity index is 638. The van der Waals surface area contributed by atoms with E-state index < -0.39 is 0 Å². The lowest BCUT2D eigenvalue weighted by Gasteiger charge is -2.34. The molecule has 2 heterocycles. The van der Waals surface area contributed by atoms with Gasteiger partial charge in [0.1, 0.15) is 0 Å². The van der Waals surface area contributed by atoms with Crippen molar-refractivity contribution in [1.82, 2.24) is 9.47 Å². The normalized spacial score (nSPS) is 17.7. The molecule has 1 aliphatic rings. The number of amides is 2. The number of rotatable bonds is 1. The standard InChI is InChI=1S/C15H16ClN3O/c1-11-14-7-4-8-18(14)9-10-19(11)15(20)17-13-6-3-2-5-12(13)16/h2-8,11H,9-10H2,1H3,(H,17,20)/t11-/m0/s1. The first-order valence-electron chi connectivity index (χ1n) is 6.64. The number of fused-ring (bicyclic) bond motifs is 1. The third kappa shape index (κ3) is 2.27. The molecule has 0 saturated carbocycles. The summed E-state index contributed by atoms with van der Waals surface area (Å²) in [5, 5.41) is 3.43. The molecule has 1 atom stereocenters. The number of nitrogens with one attached hydrogen (secondary N) is 1. The van der Waals surface area contributed by atoms with Crippen LogP contribution in [0.15, 0.2) is 42.6 Å². The predicted octanol–water partition coefficient (Wildman–Crippen LogP) is 3.75. The van der Waals surface area contributed by atoms with E-state index in [0.29, 0.717) is 17.3 Å². The van der Waals surface area contributed by atoms with Gasteiger partial charge in [0.15, 0.2) is 0 Å². The molecule has 4 nitrogen and oxygen atoms in total. The zero-order chi connectivity index (χ0) is 14.1. The molecule has 0 aliphatic carbocycles.